The average molecular weight is 239 g/mol. The average Bonchev–Trinajstić information content (AvgIpc) is 2.38. The van der Waals surface area contributed by atoms with E-state index in [9.17, 15) is 4.79 Å². The fourth-order valence-corrected chi connectivity index (χ4v) is 3.27. The Labute approximate surface area is 104 Å². The molecule has 2 fully saturated rings. The Hall–Kier alpha value is -0.570. The minimum atomic E-state index is -0.601. The highest BCUT2D eigenvalue weighted by atomic mass is 16.4. The molecule has 0 amide bonds. The van der Waals surface area contributed by atoms with Crippen LogP contribution in [0.5, 0.6) is 0 Å². The summed E-state index contributed by atoms with van der Waals surface area (Å²) in [6.45, 7) is 1.16. The van der Waals surface area contributed by atoms with Crippen LogP contribution in [-0.4, -0.2) is 23.7 Å². The molecule has 0 aliphatic heterocycles. The molecule has 2 saturated carbocycles. The monoisotopic (exact) mass is 239 g/mol. The van der Waals surface area contributed by atoms with E-state index in [0.717, 1.165) is 38.1 Å². The third-order valence-electron chi connectivity index (χ3n) is 4.50. The molecule has 0 unspecified atom stereocenters. The summed E-state index contributed by atoms with van der Waals surface area (Å²) < 4.78 is 0. The van der Waals surface area contributed by atoms with Gasteiger partial charge in [0, 0.05) is 6.04 Å². The Morgan fingerprint density at radius 3 is 2.24 bits per heavy atom. The van der Waals surface area contributed by atoms with Gasteiger partial charge < -0.3 is 10.4 Å². The Morgan fingerprint density at radius 1 is 1.00 bits per heavy atom. The predicted molar refractivity (Wildman–Crippen MR) is 68.0 cm³/mol. The molecular weight excluding hydrogens is 214 g/mol. The van der Waals surface area contributed by atoms with Gasteiger partial charge in [-0.1, -0.05) is 19.3 Å². The molecule has 0 aromatic carbocycles. The molecule has 3 heteroatoms. The number of hydrogen-bond donors (Lipinski definition) is 2. The van der Waals surface area contributed by atoms with Crippen molar-refractivity contribution in [3.8, 4) is 0 Å². The molecule has 17 heavy (non-hydrogen) atoms. The maximum Gasteiger partial charge on any atom is 0.306 e. The molecule has 2 rings (SSSR count). The van der Waals surface area contributed by atoms with Gasteiger partial charge in [0.25, 0.3) is 0 Å². The number of nitrogens with one attached hydrogen (secondary N) is 1. The molecule has 98 valence electrons. The molecule has 0 bridgehead atoms. The molecule has 0 atom stereocenters. The molecule has 3 nitrogen and oxygen atoms in total. The topological polar surface area (TPSA) is 49.3 Å². The van der Waals surface area contributed by atoms with Crippen molar-refractivity contribution >= 4 is 5.97 Å². The highest BCUT2D eigenvalue weighted by Crippen LogP contribution is 2.26. The second-order valence-corrected chi connectivity index (χ2v) is 5.80. The quantitative estimate of drug-likeness (QED) is 0.793. The van der Waals surface area contributed by atoms with Gasteiger partial charge in [0.05, 0.1) is 5.92 Å². The smallest absolute Gasteiger partial charge is 0.306 e. The molecule has 0 aromatic heterocycles. The van der Waals surface area contributed by atoms with E-state index in [4.69, 9.17) is 5.11 Å². The van der Waals surface area contributed by atoms with Crippen molar-refractivity contribution in [1.29, 1.82) is 0 Å². The second kappa shape index (κ2) is 6.39. The summed E-state index contributed by atoms with van der Waals surface area (Å²) in [6.07, 6.45) is 10.8. The number of carboxylic acid groups (broad SMARTS) is 1. The van der Waals surface area contributed by atoms with Gasteiger partial charge in [-0.15, -0.1) is 0 Å². The van der Waals surface area contributed by atoms with Gasteiger partial charge in [0.15, 0.2) is 0 Å². The van der Waals surface area contributed by atoms with E-state index in [2.05, 4.69) is 5.32 Å². The van der Waals surface area contributed by atoms with Crippen LogP contribution in [0.25, 0.3) is 0 Å². The van der Waals surface area contributed by atoms with Crippen LogP contribution in [0.3, 0.4) is 0 Å². The van der Waals surface area contributed by atoms with E-state index in [0.29, 0.717) is 6.04 Å². The molecule has 0 radical (unpaired) electrons. The summed E-state index contributed by atoms with van der Waals surface area (Å²) >= 11 is 0. The van der Waals surface area contributed by atoms with E-state index >= 15 is 0 Å². The fraction of sp³-hybridized carbons (Fsp3) is 0.929. The third kappa shape index (κ3) is 3.98. The molecule has 2 aliphatic carbocycles. The maximum absolute atomic E-state index is 10.8. The van der Waals surface area contributed by atoms with Crippen LogP contribution >= 0.6 is 0 Å². The Bertz CT molecular complexity index is 241. The van der Waals surface area contributed by atoms with Crippen molar-refractivity contribution < 1.29 is 9.90 Å². The van der Waals surface area contributed by atoms with Crippen molar-refractivity contribution in [3.05, 3.63) is 0 Å². The van der Waals surface area contributed by atoms with Crippen LogP contribution in [0, 0.1) is 11.8 Å². The highest BCUT2D eigenvalue weighted by molar-refractivity contribution is 5.70. The van der Waals surface area contributed by atoms with Gasteiger partial charge in [-0.2, -0.15) is 0 Å². The van der Waals surface area contributed by atoms with E-state index in [1.54, 1.807) is 0 Å². The SMILES string of the molecule is O=C(O)C1CCC(NCC2CCCCC2)CC1. The van der Waals surface area contributed by atoms with Crippen molar-refractivity contribution in [3.63, 3.8) is 0 Å². The lowest BCUT2D eigenvalue weighted by atomic mass is 9.85. The van der Waals surface area contributed by atoms with E-state index in [1.165, 1.54) is 32.1 Å². The Kier molecular flexibility index (Phi) is 4.84. The van der Waals surface area contributed by atoms with Crippen molar-refractivity contribution in [2.24, 2.45) is 11.8 Å². The first-order valence-corrected chi connectivity index (χ1v) is 7.22. The third-order valence-corrected chi connectivity index (χ3v) is 4.50. The first-order valence-electron chi connectivity index (χ1n) is 7.22. The van der Waals surface area contributed by atoms with Crippen LogP contribution in [0.4, 0.5) is 0 Å². The summed E-state index contributed by atoms with van der Waals surface area (Å²) in [6, 6.07) is 0.576. The van der Waals surface area contributed by atoms with Gasteiger partial charge in [-0.3, -0.25) is 4.79 Å². The Balaban J connectivity index is 1.62. The second-order valence-electron chi connectivity index (χ2n) is 5.80. The van der Waals surface area contributed by atoms with Crippen LogP contribution < -0.4 is 5.32 Å². The lowest BCUT2D eigenvalue weighted by Crippen LogP contribution is -2.37. The molecule has 2 aliphatic rings. The minimum absolute atomic E-state index is 0.0808. The van der Waals surface area contributed by atoms with Crippen LogP contribution in [0.15, 0.2) is 0 Å². The maximum atomic E-state index is 10.8. The first kappa shape index (κ1) is 12.9. The van der Waals surface area contributed by atoms with E-state index < -0.39 is 5.97 Å². The molecule has 0 saturated heterocycles. The molecule has 0 aromatic rings. The van der Waals surface area contributed by atoms with Crippen LogP contribution in [-0.2, 0) is 4.79 Å². The van der Waals surface area contributed by atoms with E-state index in [1.807, 2.05) is 0 Å². The molecule has 0 spiro atoms. The van der Waals surface area contributed by atoms with Gasteiger partial charge in [-0.05, 0) is 51.0 Å². The zero-order valence-electron chi connectivity index (χ0n) is 10.7. The Morgan fingerprint density at radius 2 is 1.65 bits per heavy atom. The standard InChI is InChI=1S/C14H25NO2/c16-14(17)12-6-8-13(9-7-12)15-10-11-4-2-1-3-5-11/h11-13,15H,1-10H2,(H,16,17). The summed E-state index contributed by atoms with van der Waals surface area (Å²) in [4.78, 5) is 10.8. The number of rotatable bonds is 4. The zero-order chi connectivity index (χ0) is 12.1. The van der Waals surface area contributed by atoms with Crippen molar-refractivity contribution in [2.45, 2.75) is 63.8 Å². The van der Waals surface area contributed by atoms with Gasteiger partial charge in [-0.25, -0.2) is 0 Å². The fourth-order valence-electron chi connectivity index (χ4n) is 3.27. The van der Waals surface area contributed by atoms with Gasteiger partial charge in [0.1, 0.15) is 0 Å². The van der Waals surface area contributed by atoms with E-state index in [-0.39, 0.29) is 5.92 Å². The lowest BCUT2D eigenvalue weighted by molar-refractivity contribution is -0.142. The number of hydrogen-bond acceptors (Lipinski definition) is 2. The highest BCUT2D eigenvalue weighted by Gasteiger charge is 2.26. The molecular formula is C14H25NO2. The van der Waals surface area contributed by atoms with Gasteiger partial charge in [0.2, 0.25) is 0 Å². The van der Waals surface area contributed by atoms with Crippen LogP contribution in [0.1, 0.15) is 57.8 Å². The lowest BCUT2D eigenvalue weighted by Gasteiger charge is -2.29. The van der Waals surface area contributed by atoms with Crippen molar-refractivity contribution in [2.75, 3.05) is 6.54 Å². The number of aliphatic carboxylic acids is 1. The minimum Gasteiger partial charge on any atom is -0.481 e. The largest absolute Gasteiger partial charge is 0.481 e. The molecule has 2 N–H and O–H groups in total. The first-order chi connectivity index (χ1) is 8.25. The summed E-state index contributed by atoms with van der Waals surface area (Å²) in [5.41, 5.74) is 0. The number of carboxylic acids is 1. The summed E-state index contributed by atoms with van der Waals surface area (Å²) in [5.74, 6) is 0.194. The predicted octanol–water partition coefficient (Wildman–Crippen LogP) is 2.80. The number of carbonyl (C=O) groups is 1. The van der Waals surface area contributed by atoms with Crippen LogP contribution in [0.2, 0.25) is 0 Å². The summed E-state index contributed by atoms with van der Waals surface area (Å²) in [7, 11) is 0. The normalized spacial score (nSPS) is 31.3. The summed E-state index contributed by atoms with van der Waals surface area (Å²) in [5, 5.41) is 12.6. The van der Waals surface area contributed by atoms with Crippen molar-refractivity contribution in [1.82, 2.24) is 5.32 Å². The molecule has 0 heterocycles. The van der Waals surface area contributed by atoms with Gasteiger partial charge >= 0.3 is 5.97 Å². The zero-order valence-corrected chi connectivity index (χ0v) is 10.7.